The van der Waals surface area contributed by atoms with Crippen molar-refractivity contribution in [3.05, 3.63) is 52.4 Å². The monoisotopic (exact) mass is 276 g/mol. The zero-order valence-corrected chi connectivity index (χ0v) is 11.1. The highest BCUT2D eigenvalue weighted by atomic mass is 32.2. The van der Waals surface area contributed by atoms with E-state index in [1.54, 1.807) is 10.8 Å². The van der Waals surface area contributed by atoms with Crippen molar-refractivity contribution in [3.63, 3.8) is 0 Å². The maximum Gasteiger partial charge on any atom is 0.313 e. The average molecular weight is 276 g/mol. The molecule has 0 aliphatic rings. The van der Waals surface area contributed by atoms with E-state index >= 15 is 0 Å². The molecule has 0 amide bonds. The van der Waals surface area contributed by atoms with E-state index in [4.69, 9.17) is 5.11 Å². The number of aliphatic carboxylic acids is 1. The molecule has 0 aliphatic heterocycles. The molecule has 0 saturated heterocycles. The van der Waals surface area contributed by atoms with E-state index in [0.29, 0.717) is 5.16 Å². The summed E-state index contributed by atoms with van der Waals surface area (Å²) in [7, 11) is 0. The summed E-state index contributed by atoms with van der Waals surface area (Å²) in [5, 5.41) is 9.08. The lowest BCUT2D eigenvalue weighted by Gasteiger charge is -2.11. The third-order valence-electron chi connectivity index (χ3n) is 2.41. The minimum Gasteiger partial charge on any atom is -0.481 e. The van der Waals surface area contributed by atoms with Crippen molar-refractivity contribution in [1.82, 2.24) is 9.55 Å². The number of hydrogen-bond donors (Lipinski definition) is 1. The molecule has 1 heterocycles. The summed E-state index contributed by atoms with van der Waals surface area (Å²) in [5.41, 5.74) is 1.58. The van der Waals surface area contributed by atoms with Gasteiger partial charge in [0.25, 0.3) is 5.56 Å². The Morgan fingerprint density at radius 2 is 2.00 bits per heavy atom. The van der Waals surface area contributed by atoms with E-state index in [-0.39, 0.29) is 11.3 Å². The first kappa shape index (κ1) is 13.4. The molecule has 1 aromatic carbocycles. The molecular weight excluding hydrogens is 264 g/mol. The molecule has 2 rings (SSSR count). The highest BCUT2D eigenvalue weighted by Crippen LogP contribution is 2.18. The van der Waals surface area contributed by atoms with Crippen LogP contribution < -0.4 is 5.56 Å². The first-order chi connectivity index (χ1) is 9.06. The molecular formula is C13H12N2O3S. The van der Waals surface area contributed by atoms with E-state index in [2.05, 4.69) is 4.98 Å². The Morgan fingerprint density at radius 1 is 1.32 bits per heavy atom. The molecule has 0 unspecified atom stereocenters. The first-order valence-corrected chi connectivity index (χ1v) is 6.56. The van der Waals surface area contributed by atoms with Crippen LogP contribution in [0.4, 0.5) is 0 Å². The summed E-state index contributed by atoms with van der Waals surface area (Å²) >= 11 is 1.02. The average Bonchev–Trinajstić information content (AvgIpc) is 2.38. The number of aromatic nitrogens is 2. The van der Waals surface area contributed by atoms with Gasteiger partial charge in [-0.1, -0.05) is 29.5 Å². The number of aryl methyl sites for hydroxylation is 1. The largest absolute Gasteiger partial charge is 0.481 e. The van der Waals surface area contributed by atoms with Gasteiger partial charge >= 0.3 is 5.97 Å². The van der Waals surface area contributed by atoms with Gasteiger partial charge in [0, 0.05) is 18.0 Å². The Kier molecular flexibility index (Phi) is 4.01. The van der Waals surface area contributed by atoms with Gasteiger partial charge in [0.15, 0.2) is 5.16 Å². The van der Waals surface area contributed by atoms with Crippen LogP contribution in [0.2, 0.25) is 0 Å². The summed E-state index contributed by atoms with van der Waals surface area (Å²) in [6.45, 7) is 1.98. The molecule has 0 saturated carbocycles. The number of hydrogen-bond acceptors (Lipinski definition) is 4. The predicted octanol–water partition coefficient (Wildman–Crippen LogP) is 1.72. The smallest absolute Gasteiger partial charge is 0.313 e. The molecule has 0 bridgehead atoms. The van der Waals surface area contributed by atoms with Gasteiger partial charge in [-0.15, -0.1) is 0 Å². The van der Waals surface area contributed by atoms with Crippen LogP contribution in [-0.2, 0) is 4.79 Å². The van der Waals surface area contributed by atoms with E-state index in [1.807, 2.05) is 31.2 Å². The minimum atomic E-state index is -0.946. The lowest BCUT2D eigenvalue weighted by molar-refractivity contribution is -0.133. The van der Waals surface area contributed by atoms with Crippen LogP contribution in [0.1, 0.15) is 5.56 Å². The first-order valence-electron chi connectivity index (χ1n) is 5.57. The van der Waals surface area contributed by atoms with Crippen LogP contribution in [0.5, 0.6) is 0 Å². The molecule has 0 atom stereocenters. The zero-order chi connectivity index (χ0) is 13.8. The fourth-order valence-electron chi connectivity index (χ4n) is 1.52. The number of carboxylic acids is 1. The Hall–Kier alpha value is -2.08. The molecule has 0 spiro atoms. The van der Waals surface area contributed by atoms with Gasteiger partial charge in [-0.2, -0.15) is 4.98 Å². The maximum absolute atomic E-state index is 11.3. The number of rotatable bonds is 4. The number of carboxylic acid groups (broad SMARTS) is 1. The van der Waals surface area contributed by atoms with E-state index in [0.717, 1.165) is 23.0 Å². The van der Waals surface area contributed by atoms with Crippen molar-refractivity contribution in [1.29, 1.82) is 0 Å². The van der Waals surface area contributed by atoms with Crippen LogP contribution >= 0.6 is 11.8 Å². The van der Waals surface area contributed by atoms with Gasteiger partial charge in [-0.05, 0) is 19.1 Å². The van der Waals surface area contributed by atoms with Crippen molar-refractivity contribution in [2.45, 2.75) is 12.1 Å². The molecule has 0 radical (unpaired) electrons. The maximum atomic E-state index is 11.3. The van der Waals surface area contributed by atoms with Crippen molar-refractivity contribution in [2.75, 3.05) is 5.75 Å². The Balaban J connectivity index is 2.41. The van der Waals surface area contributed by atoms with Crippen LogP contribution in [0, 0.1) is 6.92 Å². The van der Waals surface area contributed by atoms with Gasteiger partial charge in [-0.3, -0.25) is 14.2 Å². The van der Waals surface area contributed by atoms with Gasteiger partial charge in [0.1, 0.15) is 0 Å². The molecule has 1 aromatic heterocycles. The predicted molar refractivity (Wildman–Crippen MR) is 72.9 cm³/mol. The van der Waals surface area contributed by atoms with Crippen molar-refractivity contribution < 1.29 is 9.90 Å². The lowest BCUT2D eigenvalue weighted by atomic mass is 10.2. The van der Waals surface area contributed by atoms with Crippen molar-refractivity contribution >= 4 is 17.7 Å². The molecule has 1 N–H and O–H groups in total. The summed E-state index contributed by atoms with van der Waals surface area (Å²) in [6, 6.07) is 9.03. The van der Waals surface area contributed by atoms with E-state index in [9.17, 15) is 9.59 Å². The molecule has 6 heteroatoms. The molecule has 98 valence electrons. The topological polar surface area (TPSA) is 72.2 Å². The summed E-state index contributed by atoms with van der Waals surface area (Å²) in [5.74, 6) is -1.08. The SMILES string of the molecule is Cc1ccc(-n2ccc(=O)nc2SCC(=O)O)cc1. The van der Waals surface area contributed by atoms with Crippen molar-refractivity contribution in [3.8, 4) is 5.69 Å². The van der Waals surface area contributed by atoms with Crippen LogP contribution in [0.3, 0.4) is 0 Å². The molecule has 5 nitrogen and oxygen atoms in total. The summed E-state index contributed by atoms with van der Waals surface area (Å²) in [6.07, 6.45) is 1.60. The second-order valence-corrected chi connectivity index (χ2v) is 4.88. The van der Waals surface area contributed by atoms with Gasteiger partial charge in [-0.25, -0.2) is 0 Å². The van der Waals surface area contributed by atoms with Gasteiger partial charge in [0.2, 0.25) is 0 Å². The Labute approximate surface area is 113 Å². The van der Waals surface area contributed by atoms with Gasteiger partial charge in [0.05, 0.1) is 5.75 Å². The molecule has 0 aliphatic carbocycles. The summed E-state index contributed by atoms with van der Waals surface area (Å²) in [4.78, 5) is 25.8. The highest BCUT2D eigenvalue weighted by molar-refractivity contribution is 7.99. The quantitative estimate of drug-likeness (QED) is 0.680. The minimum absolute atomic E-state index is 0.137. The Morgan fingerprint density at radius 3 is 2.63 bits per heavy atom. The number of nitrogens with zero attached hydrogens (tertiary/aromatic N) is 2. The lowest BCUT2D eigenvalue weighted by Crippen LogP contribution is -2.13. The van der Waals surface area contributed by atoms with Crippen LogP contribution in [-0.4, -0.2) is 26.4 Å². The van der Waals surface area contributed by atoms with Crippen LogP contribution in [0.25, 0.3) is 5.69 Å². The van der Waals surface area contributed by atoms with Gasteiger partial charge < -0.3 is 5.11 Å². The summed E-state index contributed by atoms with van der Waals surface area (Å²) < 4.78 is 1.70. The normalized spacial score (nSPS) is 10.4. The highest BCUT2D eigenvalue weighted by Gasteiger charge is 2.08. The van der Waals surface area contributed by atoms with E-state index in [1.165, 1.54) is 6.07 Å². The van der Waals surface area contributed by atoms with Crippen LogP contribution in [0.15, 0.2) is 46.5 Å². The zero-order valence-electron chi connectivity index (χ0n) is 10.2. The number of thioether (sulfide) groups is 1. The standard InChI is InChI=1S/C13H12N2O3S/c1-9-2-4-10(5-3-9)15-7-6-11(16)14-13(15)19-8-12(17)18/h2-7H,8H2,1H3,(H,17,18). The third-order valence-corrected chi connectivity index (χ3v) is 3.35. The fraction of sp³-hybridized carbons (Fsp3) is 0.154. The third kappa shape index (κ3) is 3.45. The van der Waals surface area contributed by atoms with E-state index < -0.39 is 5.97 Å². The second-order valence-electron chi connectivity index (χ2n) is 3.94. The molecule has 19 heavy (non-hydrogen) atoms. The second kappa shape index (κ2) is 5.71. The molecule has 2 aromatic rings. The number of carbonyl (C=O) groups is 1. The fourth-order valence-corrected chi connectivity index (χ4v) is 2.23. The van der Waals surface area contributed by atoms with Crippen molar-refractivity contribution in [2.24, 2.45) is 0 Å². The Bertz CT molecular complexity index is 650. The number of benzene rings is 1. The molecule has 0 fully saturated rings.